The minimum Gasteiger partial charge on any atom is -0.329 e. The second-order valence-electron chi connectivity index (χ2n) is 4.74. The molecule has 3 nitrogen and oxygen atoms in total. The Morgan fingerprint density at radius 1 is 1.30 bits per heavy atom. The van der Waals surface area contributed by atoms with Crippen molar-refractivity contribution in [2.75, 3.05) is 0 Å². The molecular weight excluding hydrogens is 290 g/mol. The van der Waals surface area contributed by atoms with E-state index >= 15 is 0 Å². The number of hydrogen-bond acceptors (Lipinski definition) is 3. The van der Waals surface area contributed by atoms with Crippen LogP contribution in [0.25, 0.3) is 10.9 Å². The van der Waals surface area contributed by atoms with Gasteiger partial charge in [-0.15, -0.1) is 0 Å². The average Bonchev–Trinajstić information content (AvgIpc) is 2.82. The minimum absolute atomic E-state index is 0.574. The number of rotatable bonds is 3. The van der Waals surface area contributed by atoms with E-state index in [0.717, 1.165) is 27.4 Å². The fourth-order valence-electron chi connectivity index (χ4n) is 2.03. The van der Waals surface area contributed by atoms with Crippen molar-refractivity contribution in [3.8, 4) is 0 Å². The minimum atomic E-state index is 0.574. The number of hydrogen-bond donors (Lipinski definition) is 0. The Balaban J connectivity index is 1.90. The number of thioether (sulfide) groups is 1. The Bertz CT molecular complexity index is 767. The number of halogens is 1. The lowest BCUT2D eigenvalue weighted by atomic mass is 10.1. The van der Waals surface area contributed by atoms with Gasteiger partial charge in [0, 0.05) is 36.1 Å². The lowest BCUT2D eigenvalue weighted by Gasteiger charge is -2.06. The highest BCUT2D eigenvalue weighted by molar-refractivity contribution is 7.98. The van der Waals surface area contributed by atoms with E-state index < -0.39 is 0 Å². The SMILES string of the molecule is Cc1ccc2cc(CSc3nccn3C)c(Cl)nc2c1. The molecule has 0 radical (unpaired) electrons. The van der Waals surface area contributed by atoms with Crippen molar-refractivity contribution in [1.29, 1.82) is 0 Å². The molecule has 1 aromatic carbocycles. The van der Waals surface area contributed by atoms with Gasteiger partial charge in [-0.1, -0.05) is 35.5 Å². The molecule has 0 aliphatic carbocycles. The van der Waals surface area contributed by atoms with Gasteiger partial charge in [-0.2, -0.15) is 0 Å². The van der Waals surface area contributed by atoms with Gasteiger partial charge >= 0.3 is 0 Å². The van der Waals surface area contributed by atoms with Crippen LogP contribution >= 0.6 is 23.4 Å². The lowest BCUT2D eigenvalue weighted by molar-refractivity contribution is 0.790. The fourth-order valence-corrected chi connectivity index (χ4v) is 3.23. The highest BCUT2D eigenvalue weighted by Crippen LogP contribution is 2.27. The molecule has 3 rings (SSSR count). The Hall–Kier alpha value is -1.52. The van der Waals surface area contributed by atoms with Crippen LogP contribution in [0.15, 0.2) is 41.8 Å². The van der Waals surface area contributed by atoms with Crippen LogP contribution in [0.3, 0.4) is 0 Å². The van der Waals surface area contributed by atoms with Crippen LogP contribution in [0.1, 0.15) is 11.1 Å². The van der Waals surface area contributed by atoms with Crippen LogP contribution in [0, 0.1) is 6.92 Å². The van der Waals surface area contributed by atoms with Crippen LogP contribution < -0.4 is 0 Å². The molecule has 0 aliphatic rings. The number of pyridine rings is 1. The molecular formula is C15H14ClN3S. The van der Waals surface area contributed by atoms with E-state index in [1.54, 1.807) is 18.0 Å². The maximum absolute atomic E-state index is 6.28. The summed E-state index contributed by atoms with van der Waals surface area (Å²) in [5.74, 6) is 0.764. The smallest absolute Gasteiger partial charge is 0.167 e. The Kier molecular flexibility index (Phi) is 3.68. The zero-order valence-electron chi connectivity index (χ0n) is 11.3. The Labute approximate surface area is 127 Å². The van der Waals surface area contributed by atoms with Gasteiger partial charge in [0.2, 0.25) is 0 Å². The summed E-state index contributed by atoms with van der Waals surface area (Å²) in [5.41, 5.74) is 3.17. The number of aromatic nitrogens is 3. The van der Waals surface area contributed by atoms with Crippen LogP contribution in [0.4, 0.5) is 0 Å². The summed E-state index contributed by atoms with van der Waals surface area (Å²) in [6, 6.07) is 8.34. The molecule has 0 atom stereocenters. The number of aryl methyl sites for hydroxylation is 2. The molecule has 0 saturated carbocycles. The molecule has 0 saturated heterocycles. The highest BCUT2D eigenvalue weighted by atomic mass is 35.5. The average molecular weight is 304 g/mol. The molecule has 0 unspecified atom stereocenters. The molecule has 2 heterocycles. The van der Waals surface area contributed by atoms with E-state index in [1.165, 1.54) is 5.56 Å². The van der Waals surface area contributed by atoms with Crippen molar-refractivity contribution in [1.82, 2.24) is 14.5 Å². The predicted molar refractivity (Wildman–Crippen MR) is 84.3 cm³/mol. The zero-order chi connectivity index (χ0) is 14.1. The van der Waals surface area contributed by atoms with Gasteiger partial charge in [0.1, 0.15) is 5.15 Å². The van der Waals surface area contributed by atoms with Crippen molar-refractivity contribution in [2.24, 2.45) is 7.05 Å². The van der Waals surface area contributed by atoms with Gasteiger partial charge in [-0.25, -0.2) is 9.97 Å². The third kappa shape index (κ3) is 2.67. The first-order chi connectivity index (χ1) is 9.63. The summed E-state index contributed by atoms with van der Waals surface area (Å²) in [7, 11) is 1.98. The van der Waals surface area contributed by atoms with E-state index in [-0.39, 0.29) is 0 Å². The maximum atomic E-state index is 6.28. The molecule has 20 heavy (non-hydrogen) atoms. The summed E-state index contributed by atoms with van der Waals surface area (Å²) < 4.78 is 2.00. The van der Waals surface area contributed by atoms with E-state index in [0.29, 0.717) is 5.15 Å². The molecule has 0 fully saturated rings. The number of nitrogens with zero attached hydrogens (tertiary/aromatic N) is 3. The molecule has 0 aliphatic heterocycles. The summed E-state index contributed by atoms with van der Waals surface area (Å²) in [6.07, 6.45) is 3.73. The van der Waals surface area contributed by atoms with Crippen molar-refractivity contribution < 1.29 is 0 Å². The molecule has 0 spiro atoms. The van der Waals surface area contributed by atoms with Gasteiger partial charge < -0.3 is 4.57 Å². The second kappa shape index (κ2) is 5.46. The topological polar surface area (TPSA) is 30.7 Å². The van der Waals surface area contributed by atoms with Gasteiger partial charge in [-0.3, -0.25) is 0 Å². The summed E-state index contributed by atoms with van der Waals surface area (Å²) >= 11 is 7.94. The summed E-state index contributed by atoms with van der Waals surface area (Å²) in [5, 5.41) is 2.67. The van der Waals surface area contributed by atoms with Gasteiger partial charge in [-0.05, 0) is 24.6 Å². The second-order valence-corrected chi connectivity index (χ2v) is 6.04. The van der Waals surface area contributed by atoms with Crippen molar-refractivity contribution in [3.05, 3.63) is 52.9 Å². The van der Waals surface area contributed by atoms with Crippen LogP contribution in [0.5, 0.6) is 0 Å². The van der Waals surface area contributed by atoms with Crippen LogP contribution in [-0.2, 0) is 12.8 Å². The van der Waals surface area contributed by atoms with Crippen LogP contribution in [-0.4, -0.2) is 14.5 Å². The first-order valence-electron chi connectivity index (χ1n) is 6.29. The zero-order valence-corrected chi connectivity index (χ0v) is 12.9. The van der Waals surface area contributed by atoms with E-state index in [4.69, 9.17) is 11.6 Å². The van der Waals surface area contributed by atoms with Crippen molar-refractivity contribution in [2.45, 2.75) is 17.8 Å². The Morgan fingerprint density at radius 3 is 2.90 bits per heavy atom. The standard InChI is InChI=1S/C15H14ClN3S/c1-10-3-4-11-8-12(14(16)18-13(11)7-10)9-20-15-17-5-6-19(15)2/h3-8H,9H2,1-2H3. The largest absolute Gasteiger partial charge is 0.329 e. The number of benzene rings is 1. The molecule has 0 N–H and O–H groups in total. The maximum Gasteiger partial charge on any atom is 0.167 e. The molecule has 5 heteroatoms. The van der Waals surface area contributed by atoms with E-state index in [1.807, 2.05) is 17.8 Å². The summed E-state index contributed by atoms with van der Waals surface area (Å²) in [6.45, 7) is 2.06. The fraction of sp³-hybridized carbons (Fsp3) is 0.200. The molecule has 0 amide bonds. The van der Waals surface area contributed by atoms with Gasteiger partial charge in [0.25, 0.3) is 0 Å². The quantitative estimate of drug-likeness (QED) is 0.536. The molecule has 0 bridgehead atoms. The molecule has 2 aromatic heterocycles. The Morgan fingerprint density at radius 2 is 2.15 bits per heavy atom. The molecule has 102 valence electrons. The third-order valence-electron chi connectivity index (χ3n) is 3.13. The first kappa shape index (κ1) is 13.5. The predicted octanol–water partition coefficient (Wildman–Crippen LogP) is 4.22. The third-order valence-corrected chi connectivity index (χ3v) is 4.57. The molecule has 3 aromatic rings. The number of imidazole rings is 1. The van der Waals surface area contributed by atoms with Gasteiger partial charge in [0.05, 0.1) is 5.52 Å². The lowest BCUT2D eigenvalue weighted by Crippen LogP contribution is -1.92. The number of fused-ring (bicyclic) bond motifs is 1. The van der Waals surface area contributed by atoms with E-state index in [2.05, 4.69) is 41.2 Å². The van der Waals surface area contributed by atoms with E-state index in [9.17, 15) is 0 Å². The van der Waals surface area contributed by atoms with Crippen molar-refractivity contribution in [3.63, 3.8) is 0 Å². The normalized spacial score (nSPS) is 11.2. The monoisotopic (exact) mass is 303 g/mol. The highest BCUT2D eigenvalue weighted by Gasteiger charge is 2.08. The summed E-state index contributed by atoms with van der Waals surface area (Å²) in [4.78, 5) is 8.78. The van der Waals surface area contributed by atoms with Crippen molar-refractivity contribution >= 4 is 34.3 Å². The van der Waals surface area contributed by atoms with Gasteiger partial charge in [0.15, 0.2) is 5.16 Å². The first-order valence-corrected chi connectivity index (χ1v) is 7.66. The van der Waals surface area contributed by atoms with Crippen LogP contribution in [0.2, 0.25) is 5.15 Å².